The van der Waals surface area contributed by atoms with Crippen LogP contribution in [-0.4, -0.2) is 23.3 Å². The van der Waals surface area contributed by atoms with E-state index >= 15 is 0 Å². The molecule has 3 rings (SSSR count). The van der Waals surface area contributed by atoms with Gasteiger partial charge >= 0.3 is 0 Å². The molecule has 1 aromatic heterocycles. The molecule has 3 aromatic rings. The number of aryl methyl sites for hydroxylation is 2. The molecule has 0 atom stereocenters. The van der Waals surface area contributed by atoms with E-state index in [1.54, 1.807) is 11.9 Å². The Morgan fingerprint density at radius 1 is 1.00 bits per heavy atom. The topological polar surface area (TPSA) is 42.3 Å². The molecule has 0 saturated carbocycles. The smallest absolute Gasteiger partial charge is 0.223 e. The third-order valence-corrected chi connectivity index (χ3v) is 4.43. The summed E-state index contributed by atoms with van der Waals surface area (Å²) in [6, 6.07) is 15.2. The number of hydrogen-bond donors (Lipinski definition) is 0. The second kappa shape index (κ2) is 5.96. The zero-order valence-electron chi connectivity index (χ0n) is 14.3. The number of carbonyl (C=O) groups excluding carboxylic acids is 2. The number of hydrogen-bond acceptors (Lipinski definition) is 2. The molecular weight excluding hydrogens is 300 g/mol. The van der Waals surface area contributed by atoms with E-state index in [2.05, 4.69) is 0 Å². The van der Waals surface area contributed by atoms with Crippen molar-refractivity contribution in [3.05, 3.63) is 65.4 Å². The van der Waals surface area contributed by atoms with Gasteiger partial charge in [-0.2, -0.15) is 0 Å². The van der Waals surface area contributed by atoms with Gasteiger partial charge < -0.3 is 9.47 Å². The van der Waals surface area contributed by atoms with E-state index in [-0.39, 0.29) is 11.7 Å². The van der Waals surface area contributed by atoms with Crippen molar-refractivity contribution in [2.24, 2.45) is 7.05 Å². The molecule has 0 bridgehead atoms. The van der Waals surface area contributed by atoms with Gasteiger partial charge in [0, 0.05) is 43.2 Å². The molecule has 4 nitrogen and oxygen atoms in total. The molecule has 0 unspecified atom stereocenters. The highest BCUT2D eigenvalue weighted by atomic mass is 16.2. The lowest BCUT2D eigenvalue weighted by Crippen LogP contribution is -2.22. The fraction of sp³-hybridized carbons (Fsp3) is 0.200. The molecule has 0 radical (unpaired) electrons. The van der Waals surface area contributed by atoms with Crippen LogP contribution in [0.5, 0.6) is 0 Å². The number of nitrogens with zero attached hydrogens (tertiary/aromatic N) is 2. The average Bonchev–Trinajstić information content (AvgIpc) is 2.90. The lowest BCUT2D eigenvalue weighted by Gasteiger charge is -2.14. The van der Waals surface area contributed by atoms with E-state index in [1.807, 2.05) is 67.1 Å². The van der Waals surface area contributed by atoms with Crippen molar-refractivity contribution in [2.75, 3.05) is 11.9 Å². The number of carbonyl (C=O) groups is 2. The van der Waals surface area contributed by atoms with Crippen LogP contribution in [0.4, 0.5) is 5.69 Å². The molecule has 4 heteroatoms. The highest BCUT2D eigenvalue weighted by Crippen LogP contribution is 2.26. The summed E-state index contributed by atoms with van der Waals surface area (Å²) in [5.41, 5.74) is 4.21. The Kier molecular flexibility index (Phi) is 3.97. The van der Waals surface area contributed by atoms with Crippen LogP contribution in [0, 0.1) is 6.92 Å². The second-order valence-electron chi connectivity index (χ2n) is 6.10. The maximum Gasteiger partial charge on any atom is 0.223 e. The number of rotatable bonds is 3. The Hall–Kier alpha value is -2.88. The molecule has 0 aliphatic heterocycles. The Morgan fingerprint density at radius 3 is 2.29 bits per heavy atom. The second-order valence-corrected chi connectivity index (χ2v) is 6.10. The first-order valence-corrected chi connectivity index (χ1v) is 7.83. The summed E-state index contributed by atoms with van der Waals surface area (Å²) in [5.74, 6) is -0.0311. The minimum Gasteiger partial charge on any atom is -0.341 e. The van der Waals surface area contributed by atoms with Gasteiger partial charge in [-0.25, -0.2) is 0 Å². The van der Waals surface area contributed by atoms with Crippen LogP contribution >= 0.6 is 0 Å². The van der Waals surface area contributed by atoms with Crippen LogP contribution in [-0.2, 0) is 11.8 Å². The maximum absolute atomic E-state index is 12.8. The van der Waals surface area contributed by atoms with Gasteiger partial charge in [0.2, 0.25) is 11.7 Å². The highest BCUT2D eigenvalue weighted by Gasteiger charge is 2.16. The van der Waals surface area contributed by atoms with E-state index in [9.17, 15) is 9.59 Å². The van der Waals surface area contributed by atoms with Gasteiger partial charge in [-0.05, 0) is 31.2 Å². The van der Waals surface area contributed by atoms with Gasteiger partial charge in [0.05, 0.1) is 5.69 Å². The summed E-state index contributed by atoms with van der Waals surface area (Å²) < 4.78 is 1.90. The maximum atomic E-state index is 12.8. The van der Waals surface area contributed by atoms with Crippen molar-refractivity contribution < 1.29 is 9.59 Å². The van der Waals surface area contributed by atoms with Gasteiger partial charge in [-0.3, -0.25) is 9.59 Å². The summed E-state index contributed by atoms with van der Waals surface area (Å²) in [6.45, 7) is 3.53. The van der Waals surface area contributed by atoms with Gasteiger partial charge in [0.1, 0.15) is 0 Å². The first kappa shape index (κ1) is 16.0. The Morgan fingerprint density at radius 2 is 1.67 bits per heavy atom. The van der Waals surface area contributed by atoms with Crippen molar-refractivity contribution in [2.45, 2.75) is 13.8 Å². The number of amides is 1. The molecule has 0 saturated heterocycles. The fourth-order valence-corrected chi connectivity index (χ4v) is 2.80. The first-order chi connectivity index (χ1) is 11.4. The summed E-state index contributed by atoms with van der Waals surface area (Å²) in [5, 5.41) is 0.943. The molecular formula is C20H20N2O2. The van der Waals surface area contributed by atoms with Gasteiger partial charge in [0.15, 0.2) is 0 Å². The molecule has 2 aromatic carbocycles. The summed E-state index contributed by atoms with van der Waals surface area (Å²) in [6.07, 6.45) is 0. The molecule has 0 aliphatic rings. The van der Waals surface area contributed by atoms with E-state index in [0.717, 1.165) is 22.2 Å². The van der Waals surface area contributed by atoms with Gasteiger partial charge in [-0.1, -0.05) is 29.8 Å². The predicted octanol–water partition coefficient (Wildman–Crippen LogP) is 3.70. The SMILES string of the molecule is CC(=O)N(C)c1ccc2c(c1)cc(C(=O)c1ccc(C)cc1)n2C. The quantitative estimate of drug-likeness (QED) is 0.691. The standard InChI is InChI=1S/C20H20N2O2/c1-13-5-7-15(8-6-13)20(24)19-12-16-11-17(21(3)14(2)23)9-10-18(16)22(19)4/h5-12H,1-4H3. The monoisotopic (exact) mass is 320 g/mol. The van der Waals surface area contributed by atoms with E-state index < -0.39 is 0 Å². The molecule has 1 heterocycles. The lowest BCUT2D eigenvalue weighted by atomic mass is 10.1. The molecule has 1 amide bonds. The first-order valence-electron chi connectivity index (χ1n) is 7.83. The van der Waals surface area contributed by atoms with Crippen LogP contribution in [0.2, 0.25) is 0 Å². The van der Waals surface area contributed by atoms with E-state index in [4.69, 9.17) is 0 Å². The van der Waals surface area contributed by atoms with Crippen LogP contribution in [0.15, 0.2) is 48.5 Å². The van der Waals surface area contributed by atoms with Crippen molar-refractivity contribution in [3.8, 4) is 0 Å². The van der Waals surface area contributed by atoms with Crippen molar-refractivity contribution in [1.29, 1.82) is 0 Å². The van der Waals surface area contributed by atoms with Crippen molar-refractivity contribution >= 4 is 28.3 Å². The Bertz CT molecular complexity index is 936. The molecule has 0 fully saturated rings. The van der Waals surface area contributed by atoms with Crippen LogP contribution < -0.4 is 4.90 Å². The third-order valence-electron chi connectivity index (χ3n) is 4.43. The van der Waals surface area contributed by atoms with Crippen molar-refractivity contribution in [3.63, 3.8) is 0 Å². The summed E-state index contributed by atoms with van der Waals surface area (Å²) >= 11 is 0. The zero-order valence-corrected chi connectivity index (χ0v) is 14.3. The average molecular weight is 320 g/mol. The van der Waals surface area contributed by atoms with E-state index in [0.29, 0.717) is 11.3 Å². The zero-order chi connectivity index (χ0) is 17.4. The molecule has 0 N–H and O–H groups in total. The van der Waals surface area contributed by atoms with Crippen LogP contribution in [0.25, 0.3) is 10.9 Å². The lowest BCUT2D eigenvalue weighted by molar-refractivity contribution is -0.116. The summed E-state index contributed by atoms with van der Waals surface area (Å²) in [4.78, 5) is 25.9. The van der Waals surface area contributed by atoms with Crippen LogP contribution in [0.3, 0.4) is 0 Å². The number of ketones is 1. The highest BCUT2D eigenvalue weighted by molar-refractivity contribution is 6.10. The molecule has 0 aliphatic carbocycles. The largest absolute Gasteiger partial charge is 0.341 e. The third kappa shape index (κ3) is 2.71. The Labute approximate surface area is 141 Å². The van der Waals surface area contributed by atoms with E-state index in [1.165, 1.54) is 6.92 Å². The van der Waals surface area contributed by atoms with Gasteiger partial charge in [-0.15, -0.1) is 0 Å². The molecule has 0 spiro atoms. The summed E-state index contributed by atoms with van der Waals surface area (Å²) in [7, 11) is 3.63. The normalized spacial score (nSPS) is 10.8. The number of aromatic nitrogens is 1. The number of benzene rings is 2. The molecule has 24 heavy (non-hydrogen) atoms. The molecule has 122 valence electrons. The fourth-order valence-electron chi connectivity index (χ4n) is 2.80. The minimum atomic E-state index is -0.0266. The minimum absolute atomic E-state index is 0.00447. The Balaban J connectivity index is 2.06. The number of anilines is 1. The van der Waals surface area contributed by atoms with Gasteiger partial charge in [0.25, 0.3) is 0 Å². The van der Waals surface area contributed by atoms with Crippen molar-refractivity contribution in [1.82, 2.24) is 4.57 Å². The van der Waals surface area contributed by atoms with Crippen LogP contribution in [0.1, 0.15) is 28.5 Å². The number of fused-ring (bicyclic) bond motifs is 1. The predicted molar refractivity (Wildman–Crippen MR) is 96.6 cm³/mol.